The summed E-state index contributed by atoms with van der Waals surface area (Å²) in [6.45, 7) is 9.60. The summed E-state index contributed by atoms with van der Waals surface area (Å²) in [6.07, 6.45) is 0. The van der Waals surface area contributed by atoms with Crippen LogP contribution in [0.25, 0.3) is 0 Å². The summed E-state index contributed by atoms with van der Waals surface area (Å²) in [4.78, 5) is 19.8. The Morgan fingerprint density at radius 1 is 0.733 bits per heavy atom. The normalized spacial score (nSPS) is 10.5. The van der Waals surface area contributed by atoms with E-state index in [1.165, 1.54) is 0 Å². The Bertz CT molecular complexity index is 186. The maximum absolute atomic E-state index is 9.91. The number of carboxylic acids is 2. The van der Waals surface area contributed by atoms with E-state index in [2.05, 4.69) is 0 Å². The van der Waals surface area contributed by atoms with E-state index in [0.29, 0.717) is 0 Å². The second-order valence-electron chi connectivity index (χ2n) is 5.07. The van der Waals surface area contributed by atoms with E-state index in [-0.39, 0.29) is 19.5 Å². The van der Waals surface area contributed by atoms with Crippen molar-refractivity contribution in [3.05, 3.63) is 0 Å². The van der Waals surface area contributed by atoms with Crippen molar-refractivity contribution in [1.29, 1.82) is 0 Å². The molecule has 15 heavy (non-hydrogen) atoms. The van der Waals surface area contributed by atoms with E-state index in [4.69, 9.17) is 0 Å². The van der Waals surface area contributed by atoms with Crippen LogP contribution in [0.2, 0.25) is 0 Å². The molecule has 0 amide bonds. The van der Waals surface area contributed by atoms with Gasteiger partial charge in [-0.1, -0.05) is 41.5 Å². The standard InChI is InChI=1S/2C5H10O2.Rh/c2*1-5(2,3)4(6)7;/h2*1-3H3,(H,6,7);/q;;+2/p-2. The molecule has 0 saturated heterocycles. The Balaban J connectivity index is -0.000000180. The number of rotatable bonds is 0. The zero-order valence-electron chi connectivity index (χ0n) is 9.97. The summed E-state index contributed by atoms with van der Waals surface area (Å²) < 4.78 is 0. The van der Waals surface area contributed by atoms with Gasteiger partial charge in [0.05, 0.1) is 0 Å². The summed E-state index contributed by atoms with van der Waals surface area (Å²) in [6, 6.07) is 0. The van der Waals surface area contributed by atoms with Crippen molar-refractivity contribution < 1.29 is 39.3 Å². The quantitative estimate of drug-likeness (QED) is 0.568. The summed E-state index contributed by atoms with van der Waals surface area (Å²) in [5, 5.41) is 19.8. The molecule has 0 saturated carbocycles. The Labute approximate surface area is 104 Å². The molecular weight excluding hydrogens is 287 g/mol. The smallest absolute Gasteiger partial charge is 0.550 e. The number of aliphatic carboxylic acids is 2. The fourth-order valence-corrected chi connectivity index (χ4v) is 0. The van der Waals surface area contributed by atoms with Gasteiger partial charge >= 0.3 is 19.5 Å². The van der Waals surface area contributed by atoms with Crippen LogP contribution in [-0.2, 0) is 29.1 Å². The molecule has 1 radical (unpaired) electrons. The Kier molecular flexibility index (Phi) is 9.27. The minimum atomic E-state index is -1.01. The summed E-state index contributed by atoms with van der Waals surface area (Å²) in [5.41, 5.74) is -1.39. The van der Waals surface area contributed by atoms with Crippen LogP contribution < -0.4 is 10.2 Å². The zero-order valence-corrected chi connectivity index (χ0v) is 11.6. The van der Waals surface area contributed by atoms with E-state index in [1.54, 1.807) is 41.5 Å². The van der Waals surface area contributed by atoms with Crippen LogP contribution in [-0.4, -0.2) is 11.9 Å². The van der Waals surface area contributed by atoms with Gasteiger partial charge in [-0.3, -0.25) is 0 Å². The number of carbonyl (C=O) groups is 2. The van der Waals surface area contributed by atoms with Gasteiger partial charge in [-0.15, -0.1) is 0 Å². The summed E-state index contributed by atoms with van der Waals surface area (Å²) in [5.74, 6) is -2.01. The second kappa shape index (κ2) is 6.94. The van der Waals surface area contributed by atoms with Gasteiger partial charge in [0.15, 0.2) is 0 Å². The molecule has 0 heterocycles. The first-order chi connectivity index (χ1) is 5.89. The van der Waals surface area contributed by atoms with Crippen LogP contribution in [0.1, 0.15) is 41.5 Å². The molecule has 4 nitrogen and oxygen atoms in total. The topological polar surface area (TPSA) is 80.3 Å². The van der Waals surface area contributed by atoms with Crippen LogP contribution >= 0.6 is 0 Å². The van der Waals surface area contributed by atoms with Crippen LogP contribution in [0.3, 0.4) is 0 Å². The minimum absolute atomic E-state index is 0. The largest absolute Gasteiger partial charge is 2.00 e. The monoisotopic (exact) mass is 305 g/mol. The molecule has 0 aliphatic heterocycles. The van der Waals surface area contributed by atoms with E-state index < -0.39 is 22.8 Å². The molecule has 0 bridgehead atoms. The van der Waals surface area contributed by atoms with E-state index >= 15 is 0 Å². The minimum Gasteiger partial charge on any atom is -0.550 e. The van der Waals surface area contributed by atoms with Gasteiger partial charge in [0, 0.05) is 22.8 Å². The Morgan fingerprint density at radius 3 is 0.800 bits per heavy atom. The summed E-state index contributed by atoms with van der Waals surface area (Å²) in [7, 11) is 0. The van der Waals surface area contributed by atoms with Gasteiger partial charge in [0.2, 0.25) is 0 Å². The molecule has 5 heteroatoms. The molecule has 91 valence electrons. The average molecular weight is 305 g/mol. The van der Waals surface area contributed by atoms with Gasteiger partial charge in [-0.25, -0.2) is 0 Å². The molecule has 0 aliphatic carbocycles. The van der Waals surface area contributed by atoms with Crippen molar-refractivity contribution in [2.75, 3.05) is 0 Å². The second-order valence-corrected chi connectivity index (χ2v) is 5.07. The molecule has 0 atom stereocenters. The number of carboxylic acid groups (broad SMARTS) is 2. The molecule has 0 aromatic carbocycles. The first-order valence-corrected chi connectivity index (χ1v) is 4.32. The molecule has 0 fully saturated rings. The number of carbonyl (C=O) groups excluding carboxylic acids is 2. The predicted octanol–water partition coefficient (Wildman–Crippen LogP) is -0.438. The van der Waals surface area contributed by atoms with Crippen LogP contribution in [0.5, 0.6) is 0 Å². The van der Waals surface area contributed by atoms with Gasteiger partial charge in [-0.05, 0) is 0 Å². The van der Waals surface area contributed by atoms with Gasteiger partial charge in [0.1, 0.15) is 0 Å². The Morgan fingerprint density at radius 2 is 0.800 bits per heavy atom. The van der Waals surface area contributed by atoms with Crippen molar-refractivity contribution in [3.63, 3.8) is 0 Å². The molecule has 0 unspecified atom stereocenters. The van der Waals surface area contributed by atoms with Crippen LogP contribution in [0.15, 0.2) is 0 Å². The molecule has 0 aromatic rings. The third kappa shape index (κ3) is 13.6. The third-order valence-electron chi connectivity index (χ3n) is 1.22. The fraction of sp³-hybridized carbons (Fsp3) is 0.800. The SMILES string of the molecule is CC(C)(C)C(=O)[O-].CC(C)(C)C(=O)[O-].[Rh+2]. The third-order valence-corrected chi connectivity index (χ3v) is 1.22. The molecule has 0 spiro atoms. The Hall–Kier alpha value is -0.437. The maximum atomic E-state index is 9.91. The van der Waals surface area contributed by atoms with Gasteiger partial charge < -0.3 is 19.8 Å². The summed E-state index contributed by atoms with van der Waals surface area (Å²) >= 11 is 0. The first kappa shape index (κ1) is 20.0. The van der Waals surface area contributed by atoms with E-state index in [1.807, 2.05) is 0 Å². The average Bonchev–Trinajstić information content (AvgIpc) is 1.83. The van der Waals surface area contributed by atoms with Crippen molar-refractivity contribution >= 4 is 11.9 Å². The molecule has 0 N–H and O–H groups in total. The van der Waals surface area contributed by atoms with Gasteiger partial charge in [0.25, 0.3) is 0 Å². The molecular formula is C10H18O4Rh. The molecule has 0 rings (SSSR count). The van der Waals surface area contributed by atoms with Gasteiger partial charge in [-0.2, -0.15) is 0 Å². The zero-order chi connectivity index (χ0) is 12.2. The predicted molar refractivity (Wildman–Crippen MR) is 48.9 cm³/mol. The molecule has 0 aromatic heterocycles. The fourth-order valence-electron chi connectivity index (χ4n) is 0. The van der Waals surface area contributed by atoms with E-state index in [0.717, 1.165) is 0 Å². The number of hydrogen-bond donors (Lipinski definition) is 0. The molecule has 0 aliphatic rings. The van der Waals surface area contributed by atoms with Crippen molar-refractivity contribution in [1.82, 2.24) is 0 Å². The van der Waals surface area contributed by atoms with Crippen molar-refractivity contribution in [2.45, 2.75) is 41.5 Å². The maximum Gasteiger partial charge on any atom is 2.00 e. The first-order valence-electron chi connectivity index (χ1n) is 4.32. The van der Waals surface area contributed by atoms with Crippen LogP contribution in [0.4, 0.5) is 0 Å². The van der Waals surface area contributed by atoms with Crippen LogP contribution in [0, 0.1) is 10.8 Å². The van der Waals surface area contributed by atoms with E-state index in [9.17, 15) is 19.8 Å². The van der Waals surface area contributed by atoms with Crippen molar-refractivity contribution in [2.24, 2.45) is 10.8 Å². The van der Waals surface area contributed by atoms with Crippen molar-refractivity contribution in [3.8, 4) is 0 Å². The number of hydrogen-bond acceptors (Lipinski definition) is 4.